The van der Waals surface area contributed by atoms with Gasteiger partial charge in [0.05, 0.1) is 10.8 Å². The van der Waals surface area contributed by atoms with Crippen molar-refractivity contribution in [1.82, 2.24) is 0 Å². The predicted molar refractivity (Wildman–Crippen MR) is 72.1 cm³/mol. The first-order valence-electron chi connectivity index (χ1n) is 6.02. The molecule has 0 saturated carbocycles. The van der Waals surface area contributed by atoms with Gasteiger partial charge in [-0.15, -0.1) is 0 Å². The van der Waals surface area contributed by atoms with E-state index in [-0.39, 0.29) is 16.6 Å². The average molecular weight is 272 g/mol. The summed E-state index contributed by atoms with van der Waals surface area (Å²) in [5.74, 6) is -0.267. The number of Topliss-reactive ketones (excluding diaryl/α,β-unsaturated/α-hetero) is 1. The van der Waals surface area contributed by atoms with Crippen LogP contribution in [-0.4, -0.2) is 16.8 Å². The highest BCUT2D eigenvalue weighted by Gasteiger charge is 2.19. The van der Waals surface area contributed by atoms with Crippen LogP contribution in [0.3, 0.4) is 0 Å². The lowest BCUT2D eigenvalue weighted by atomic mass is 10.1. The molecule has 0 saturated heterocycles. The van der Waals surface area contributed by atoms with E-state index in [0.29, 0.717) is 5.92 Å². The van der Waals surface area contributed by atoms with E-state index in [1.165, 1.54) is 17.8 Å². The van der Waals surface area contributed by atoms with Gasteiger partial charge >= 0.3 is 0 Å². The molecular formula is C14H18F2OS. The molecule has 18 heavy (non-hydrogen) atoms. The van der Waals surface area contributed by atoms with Gasteiger partial charge < -0.3 is 0 Å². The minimum atomic E-state index is -0.781. The predicted octanol–water partition coefficient (Wildman–Crippen LogP) is 4.32. The fourth-order valence-corrected chi connectivity index (χ4v) is 2.70. The summed E-state index contributed by atoms with van der Waals surface area (Å²) in [7, 11) is 0. The molecule has 0 aliphatic rings. The molecule has 1 nitrogen and oxygen atoms in total. The summed E-state index contributed by atoms with van der Waals surface area (Å²) in [6, 6.07) is 3.08. The minimum Gasteiger partial charge on any atom is -0.293 e. The van der Waals surface area contributed by atoms with Gasteiger partial charge in [-0.1, -0.05) is 13.8 Å². The molecule has 0 amide bonds. The Morgan fingerprint density at radius 2 is 1.94 bits per heavy atom. The van der Waals surface area contributed by atoms with E-state index in [4.69, 9.17) is 0 Å². The van der Waals surface area contributed by atoms with Crippen LogP contribution in [0.2, 0.25) is 0 Å². The van der Waals surface area contributed by atoms with Crippen molar-refractivity contribution >= 4 is 17.5 Å². The summed E-state index contributed by atoms with van der Waals surface area (Å²) in [5, 5.41) is -0.302. The number of thioether (sulfide) groups is 1. The molecule has 1 atom stereocenters. The Bertz CT molecular complexity index is 418. The molecule has 1 aromatic carbocycles. The van der Waals surface area contributed by atoms with Gasteiger partial charge in [-0.2, -0.15) is 11.8 Å². The van der Waals surface area contributed by atoms with E-state index in [2.05, 4.69) is 13.8 Å². The van der Waals surface area contributed by atoms with Crippen molar-refractivity contribution in [3.05, 3.63) is 35.4 Å². The van der Waals surface area contributed by atoms with Gasteiger partial charge in [0.2, 0.25) is 0 Å². The van der Waals surface area contributed by atoms with Crippen molar-refractivity contribution in [1.29, 1.82) is 0 Å². The van der Waals surface area contributed by atoms with E-state index < -0.39 is 11.6 Å². The van der Waals surface area contributed by atoms with Crippen molar-refractivity contribution in [2.75, 3.05) is 5.75 Å². The Balaban J connectivity index is 2.63. The lowest BCUT2D eigenvalue weighted by molar-refractivity contribution is 0.0990. The molecule has 4 heteroatoms. The summed E-state index contributed by atoms with van der Waals surface area (Å²) in [4.78, 5) is 12.0. The third-order valence-electron chi connectivity index (χ3n) is 2.63. The van der Waals surface area contributed by atoms with Crippen LogP contribution < -0.4 is 0 Å². The Morgan fingerprint density at radius 3 is 2.50 bits per heavy atom. The minimum absolute atomic E-state index is 0.0269. The molecule has 1 rings (SSSR count). The molecule has 0 aliphatic heterocycles. The fraction of sp³-hybridized carbons (Fsp3) is 0.500. The fourth-order valence-electron chi connectivity index (χ4n) is 1.46. The first-order valence-corrected chi connectivity index (χ1v) is 7.07. The van der Waals surface area contributed by atoms with Crippen molar-refractivity contribution < 1.29 is 13.6 Å². The molecule has 0 spiro atoms. The second-order valence-electron chi connectivity index (χ2n) is 4.68. The van der Waals surface area contributed by atoms with E-state index >= 15 is 0 Å². The Labute approximate surface area is 111 Å². The van der Waals surface area contributed by atoms with Gasteiger partial charge in [0, 0.05) is 6.07 Å². The largest absolute Gasteiger partial charge is 0.293 e. The van der Waals surface area contributed by atoms with E-state index in [0.717, 1.165) is 24.3 Å². The highest BCUT2D eigenvalue weighted by atomic mass is 32.2. The van der Waals surface area contributed by atoms with Crippen LogP contribution in [0.4, 0.5) is 8.78 Å². The zero-order chi connectivity index (χ0) is 13.7. The number of ketones is 1. The summed E-state index contributed by atoms with van der Waals surface area (Å²) in [6.07, 6.45) is 1.02. The van der Waals surface area contributed by atoms with Crippen molar-refractivity contribution in [2.24, 2.45) is 5.92 Å². The van der Waals surface area contributed by atoms with Crippen molar-refractivity contribution in [2.45, 2.75) is 32.4 Å². The van der Waals surface area contributed by atoms with Gasteiger partial charge in [0.25, 0.3) is 0 Å². The highest BCUT2D eigenvalue weighted by molar-refractivity contribution is 8.00. The molecule has 0 heterocycles. The Kier molecular flexibility index (Phi) is 5.79. The first-order chi connectivity index (χ1) is 8.41. The molecule has 0 N–H and O–H groups in total. The number of benzene rings is 1. The van der Waals surface area contributed by atoms with Gasteiger partial charge in [0.1, 0.15) is 11.6 Å². The Morgan fingerprint density at radius 1 is 1.28 bits per heavy atom. The SMILES string of the molecule is CC(C)CCSC(C)C(=O)c1ccc(F)cc1F. The van der Waals surface area contributed by atoms with E-state index in [1.54, 1.807) is 6.92 Å². The third-order valence-corrected chi connectivity index (χ3v) is 3.81. The van der Waals surface area contributed by atoms with Gasteiger partial charge in [-0.3, -0.25) is 4.79 Å². The smallest absolute Gasteiger partial charge is 0.178 e. The number of rotatable bonds is 6. The third kappa shape index (κ3) is 4.41. The number of hydrogen-bond donors (Lipinski definition) is 0. The number of carbonyl (C=O) groups is 1. The molecule has 1 unspecified atom stereocenters. The molecule has 1 aromatic rings. The van der Waals surface area contributed by atoms with Crippen LogP contribution in [0.25, 0.3) is 0 Å². The van der Waals surface area contributed by atoms with Crippen LogP contribution in [-0.2, 0) is 0 Å². The topological polar surface area (TPSA) is 17.1 Å². The summed E-state index contributed by atoms with van der Waals surface area (Å²) in [5.41, 5.74) is -0.0269. The maximum atomic E-state index is 13.4. The molecule has 0 radical (unpaired) electrons. The molecular weight excluding hydrogens is 254 g/mol. The van der Waals surface area contributed by atoms with Crippen LogP contribution >= 0.6 is 11.8 Å². The molecule has 0 bridgehead atoms. The highest BCUT2D eigenvalue weighted by Crippen LogP contribution is 2.20. The van der Waals surface area contributed by atoms with Gasteiger partial charge in [-0.25, -0.2) is 8.78 Å². The van der Waals surface area contributed by atoms with E-state index in [9.17, 15) is 13.6 Å². The monoisotopic (exact) mass is 272 g/mol. The first kappa shape index (κ1) is 15.2. The number of carbonyl (C=O) groups excluding carboxylic acids is 1. The average Bonchev–Trinajstić information content (AvgIpc) is 2.27. The zero-order valence-electron chi connectivity index (χ0n) is 10.9. The Hall–Kier alpha value is -0.900. The quantitative estimate of drug-likeness (QED) is 0.718. The molecule has 0 fully saturated rings. The molecule has 0 aromatic heterocycles. The maximum Gasteiger partial charge on any atom is 0.178 e. The van der Waals surface area contributed by atoms with Crippen molar-refractivity contribution in [3.8, 4) is 0 Å². The zero-order valence-corrected chi connectivity index (χ0v) is 11.7. The standard InChI is InChI=1S/C14H18F2OS/c1-9(2)6-7-18-10(3)14(17)12-5-4-11(15)8-13(12)16/h4-5,8-10H,6-7H2,1-3H3. The molecule has 100 valence electrons. The van der Waals surface area contributed by atoms with Crippen LogP contribution in [0.15, 0.2) is 18.2 Å². The normalized spacial score (nSPS) is 12.8. The molecule has 0 aliphatic carbocycles. The summed E-state index contributed by atoms with van der Waals surface area (Å²) < 4.78 is 26.2. The lowest BCUT2D eigenvalue weighted by Crippen LogP contribution is -2.16. The summed E-state index contributed by atoms with van der Waals surface area (Å²) in [6.45, 7) is 6.00. The second kappa shape index (κ2) is 6.88. The number of halogens is 2. The maximum absolute atomic E-state index is 13.4. The lowest BCUT2D eigenvalue weighted by Gasteiger charge is -2.11. The number of hydrogen-bond acceptors (Lipinski definition) is 2. The van der Waals surface area contributed by atoms with Crippen LogP contribution in [0.1, 0.15) is 37.6 Å². The van der Waals surface area contributed by atoms with Gasteiger partial charge in [0.15, 0.2) is 5.78 Å². The van der Waals surface area contributed by atoms with Crippen LogP contribution in [0, 0.1) is 17.6 Å². The summed E-state index contributed by atoms with van der Waals surface area (Å²) >= 11 is 1.51. The van der Waals surface area contributed by atoms with E-state index in [1.807, 2.05) is 0 Å². The van der Waals surface area contributed by atoms with Crippen LogP contribution in [0.5, 0.6) is 0 Å². The second-order valence-corrected chi connectivity index (χ2v) is 6.13. The van der Waals surface area contributed by atoms with Gasteiger partial charge in [-0.05, 0) is 37.1 Å². The van der Waals surface area contributed by atoms with Crippen molar-refractivity contribution in [3.63, 3.8) is 0 Å².